The van der Waals surface area contributed by atoms with E-state index in [1.807, 2.05) is 0 Å². The first-order valence-corrected chi connectivity index (χ1v) is 23.1. The van der Waals surface area contributed by atoms with Gasteiger partial charge in [-0.1, -0.05) is 167 Å². The third-order valence-electron chi connectivity index (χ3n) is 9.42. The number of carbonyl (C=O) groups is 2. The lowest BCUT2D eigenvalue weighted by Gasteiger charge is -2.20. The first-order valence-electron chi connectivity index (χ1n) is 21.6. The second kappa shape index (κ2) is 39.0. The molecule has 0 bridgehead atoms. The molecule has 3 atom stereocenters. The van der Waals surface area contributed by atoms with E-state index in [2.05, 4.69) is 30.5 Å². The molecule has 0 amide bonds. The summed E-state index contributed by atoms with van der Waals surface area (Å²) in [6.07, 6.45) is 36.0. The molecule has 0 aliphatic heterocycles. The molecule has 0 spiro atoms. The standard InChI is InChI=1S/C42H81O10P/c1-3-5-7-9-11-13-15-17-19-21-23-25-27-29-31-33-41(45)49-37-40(38-51-53(47,48)50-36-39(44)35-43)52-42(46)34-32-30-28-26-24-22-20-18-16-14-12-10-8-6-4-2/h13,15,39-40,43-44H,3-12,14,16-38H2,1-2H3,(H,47,48). The highest BCUT2D eigenvalue weighted by atomic mass is 31.2. The van der Waals surface area contributed by atoms with Crippen LogP contribution in [0, 0.1) is 0 Å². The van der Waals surface area contributed by atoms with Crippen LogP contribution in [0.1, 0.15) is 206 Å². The van der Waals surface area contributed by atoms with Gasteiger partial charge >= 0.3 is 19.8 Å². The number of carbonyl (C=O) groups excluding carboxylic acids is 2. The van der Waals surface area contributed by atoms with Gasteiger partial charge in [-0.2, -0.15) is 0 Å². The van der Waals surface area contributed by atoms with E-state index in [0.29, 0.717) is 12.8 Å². The molecule has 0 saturated carbocycles. The number of unbranched alkanes of at least 4 members (excludes halogenated alkanes) is 25. The molecule has 0 aliphatic rings. The maximum atomic E-state index is 12.6. The van der Waals surface area contributed by atoms with Gasteiger partial charge in [0, 0.05) is 12.8 Å². The Kier molecular flexibility index (Phi) is 38.0. The van der Waals surface area contributed by atoms with Gasteiger partial charge in [0.05, 0.1) is 19.8 Å². The second-order valence-electron chi connectivity index (χ2n) is 14.7. The maximum absolute atomic E-state index is 12.6. The number of hydrogen-bond donors (Lipinski definition) is 3. The van der Waals surface area contributed by atoms with Gasteiger partial charge < -0.3 is 24.6 Å². The average Bonchev–Trinajstić information content (AvgIpc) is 3.14. The molecule has 0 aromatic carbocycles. The zero-order valence-corrected chi connectivity index (χ0v) is 34.9. The van der Waals surface area contributed by atoms with Crippen LogP contribution >= 0.6 is 7.82 Å². The fourth-order valence-electron chi connectivity index (χ4n) is 6.05. The number of hydrogen-bond acceptors (Lipinski definition) is 9. The molecule has 0 saturated heterocycles. The Hall–Kier alpha value is -1.29. The van der Waals surface area contributed by atoms with Crippen LogP contribution in [0.25, 0.3) is 0 Å². The molecule has 0 radical (unpaired) electrons. The summed E-state index contributed by atoms with van der Waals surface area (Å²) in [5.41, 5.74) is 0. The molecule has 0 aromatic rings. The Morgan fingerprint density at radius 2 is 0.925 bits per heavy atom. The lowest BCUT2D eigenvalue weighted by Crippen LogP contribution is -2.29. The fraction of sp³-hybridized carbons (Fsp3) is 0.905. The molecule has 0 aromatic heterocycles. The third-order valence-corrected chi connectivity index (χ3v) is 10.4. The predicted octanol–water partition coefficient (Wildman–Crippen LogP) is 11.2. The van der Waals surface area contributed by atoms with Gasteiger partial charge in [0.25, 0.3) is 0 Å². The highest BCUT2D eigenvalue weighted by Gasteiger charge is 2.27. The Morgan fingerprint density at radius 1 is 0.547 bits per heavy atom. The lowest BCUT2D eigenvalue weighted by molar-refractivity contribution is -0.161. The van der Waals surface area contributed by atoms with Crippen LogP contribution in [-0.4, -0.2) is 65.7 Å². The van der Waals surface area contributed by atoms with E-state index in [0.717, 1.165) is 44.9 Å². The molecule has 10 nitrogen and oxygen atoms in total. The number of phosphoric ester groups is 1. The van der Waals surface area contributed by atoms with E-state index < -0.39 is 51.8 Å². The Labute approximate surface area is 324 Å². The first kappa shape index (κ1) is 51.7. The highest BCUT2D eigenvalue weighted by Crippen LogP contribution is 2.43. The van der Waals surface area contributed by atoms with Crippen molar-refractivity contribution in [3.63, 3.8) is 0 Å². The van der Waals surface area contributed by atoms with Gasteiger partial charge in [0.15, 0.2) is 6.10 Å². The van der Waals surface area contributed by atoms with Crippen molar-refractivity contribution < 1.29 is 47.8 Å². The number of esters is 2. The van der Waals surface area contributed by atoms with E-state index >= 15 is 0 Å². The van der Waals surface area contributed by atoms with Gasteiger partial charge in [-0.05, 0) is 38.5 Å². The summed E-state index contributed by atoms with van der Waals surface area (Å²) in [5, 5.41) is 18.3. The van der Waals surface area contributed by atoms with Crippen molar-refractivity contribution in [2.24, 2.45) is 0 Å². The number of allylic oxidation sites excluding steroid dienone is 2. The van der Waals surface area contributed by atoms with Crippen molar-refractivity contribution in [1.82, 2.24) is 0 Å². The third kappa shape index (κ3) is 38.8. The molecule has 0 heterocycles. The van der Waals surface area contributed by atoms with Crippen LogP contribution in [0.2, 0.25) is 0 Å². The Balaban J connectivity index is 4.27. The first-order chi connectivity index (χ1) is 25.7. The molecular weight excluding hydrogens is 695 g/mol. The van der Waals surface area contributed by atoms with Crippen LogP contribution in [0.3, 0.4) is 0 Å². The van der Waals surface area contributed by atoms with E-state index in [-0.39, 0.29) is 19.4 Å². The highest BCUT2D eigenvalue weighted by molar-refractivity contribution is 7.47. The summed E-state index contributed by atoms with van der Waals surface area (Å²) in [5.74, 6) is -0.920. The zero-order chi connectivity index (χ0) is 39.1. The summed E-state index contributed by atoms with van der Waals surface area (Å²) < 4.78 is 32.7. The van der Waals surface area contributed by atoms with Crippen LogP contribution in [-0.2, 0) is 32.7 Å². The molecule has 0 fully saturated rings. The number of phosphoric acid groups is 1. The number of aliphatic hydroxyl groups is 2. The smallest absolute Gasteiger partial charge is 0.462 e. The van der Waals surface area contributed by atoms with Gasteiger partial charge in [0.1, 0.15) is 12.7 Å². The van der Waals surface area contributed by atoms with Crippen molar-refractivity contribution in [3.05, 3.63) is 12.2 Å². The van der Waals surface area contributed by atoms with Gasteiger partial charge in [-0.25, -0.2) is 4.57 Å². The summed E-state index contributed by atoms with van der Waals surface area (Å²) >= 11 is 0. The van der Waals surface area contributed by atoms with E-state index in [4.69, 9.17) is 19.1 Å². The maximum Gasteiger partial charge on any atom is 0.472 e. The summed E-state index contributed by atoms with van der Waals surface area (Å²) in [6, 6.07) is 0. The normalized spacial score (nSPS) is 14.0. The Morgan fingerprint density at radius 3 is 1.38 bits per heavy atom. The van der Waals surface area contributed by atoms with Gasteiger partial charge in [-0.15, -0.1) is 0 Å². The minimum absolute atomic E-state index is 0.189. The molecule has 3 N–H and O–H groups in total. The largest absolute Gasteiger partial charge is 0.472 e. The van der Waals surface area contributed by atoms with Crippen LogP contribution in [0.15, 0.2) is 12.2 Å². The number of rotatable bonds is 41. The van der Waals surface area contributed by atoms with E-state index in [9.17, 15) is 24.2 Å². The monoisotopic (exact) mass is 777 g/mol. The van der Waals surface area contributed by atoms with Crippen molar-refractivity contribution >= 4 is 19.8 Å². The van der Waals surface area contributed by atoms with Crippen molar-refractivity contribution in [2.45, 2.75) is 219 Å². The average molecular weight is 777 g/mol. The SMILES string of the molecule is CCCCCCC=CCCCCCCCCCC(=O)OCC(COP(=O)(O)OCC(O)CO)OC(=O)CCCCCCCCCCCCCCCCC. The van der Waals surface area contributed by atoms with E-state index in [1.165, 1.54) is 122 Å². The Bertz CT molecular complexity index is 899. The molecule has 3 unspecified atom stereocenters. The van der Waals surface area contributed by atoms with Crippen molar-refractivity contribution in [2.75, 3.05) is 26.4 Å². The summed E-state index contributed by atoms with van der Waals surface area (Å²) in [7, 11) is -4.61. The molecule has 53 heavy (non-hydrogen) atoms. The van der Waals surface area contributed by atoms with Gasteiger partial charge in [-0.3, -0.25) is 18.6 Å². The molecule has 0 rings (SSSR count). The second-order valence-corrected chi connectivity index (χ2v) is 16.2. The molecular formula is C42H81O10P. The van der Waals surface area contributed by atoms with Crippen LogP contribution < -0.4 is 0 Å². The topological polar surface area (TPSA) is 149 Å². The summed E-state index contributed by atoms with van der Waals surface area (Å²) in [4.78, 5) is 35.0. The van der Waals surface area contributed by atoms with Crippen LogP contribution in [0.4, 0.5) is 0 Å². The molecule has 11 heteroatoms. The number of ether oxygens (including phenoxy) is 2. The number of aliphatic hydroxyl groups excluding tert-OH is 2. The molecule has 0 aliphatic carbocycles. The predicted molar refractivity (Wildman–Crippen MR) is 215 cm³/mol. The summed E-state index contributed by atoms with van der Waals surface area (Å²) in [6.45, 7) is 2.39. The fourth-order valence-corrected chi connectivity index (χ4v) is 6.84. The minimum Gasteiger partial charge on any atom is -0.462 e. The van der Waals surface area contributed by atoms with Crippen molar-refractivity contribution in [3.8, 4) is 0 Å². The zero-order valence-electron chi connectivity index (χ0n) is 34.0. The minimum atomic E-state index is -4.61. The van der Waals surface area contributed by atoms with E-state index in [1.54, 1.807) is 0 Å². The molecule has 314 valence electrons. The van der Waals surface area contributed by atoms with Gasteiger partial charge in [0.2, 0.25) is 0 Å². The lowest BCUT2D eigenvalue weighted by atomic mass is 10.0. The van der Waals surface area contributed by atoms with Crippen LogP contribution in [0.5, 0.6) is 0 Å². The quantitative estimate of drug-likeness (QED) is 0.0237. The van der Waals surface area contributed by atoms with Crippen molar-refractivity contribution in [1.29, 1.82) is 0 Å².